The van der Waals surface area contributed by atoms with E-state index in [1.807, 2.05) is 6.92 Å². The Morgan fingerprint density at radius 1 is 1.42 bits per heavy atom. The number of aromatic nitrogens is 1. The van der Waals surface area contributed by atoms with Gasteiger partial charge in [0.2, 0.25) is 5.88 Å². The minimum atomic E-state index is -4.21. The van der Waals surface area contributed by atoms with Gasteiger partial charge < -0.3 is 15.8 Å². The molecule has 1 rings (SSSR count). The van der Waals surface area contributed by atoms with Crippen LogP contribution in [0.2, 0.25) is 0 Å². The molecular formula is C12H18F3N3O. The molecule has 7 heteroatoms. The van der Waals surface area contributed by atoms with Crippen LogP contribution in [-0.2, 0) is 0 Å². The molecule has 0 radical (unpaired) electrons. The van der Waals surface area contributed by atoms with Crippen LogP contribution in [0, 0.1) is 0 Å². The van der Waals surface area contributed by atoms with Crippen LogP contribution in [0.5, 0.6) is 5.88 Å². The first-order valence-corrected chi connectivity index (χ1v) is 6.04. The van der Waals surface area contributed by atoms with Crippen LogP contribution in [0.1, 0.15) is 26.7 Å². The molecule has 0 saturated carbocycles. The second-order valence-electron chi connectivity index (χ2n) is 4.30. The highest BCUT2D eigenvalue weighted by Crippen LogP contribution is 2.25. The predicted octanol–water partition coefficient (Wildman–Crippen LogP) is 3.21. The number of nitrogens with one attached hydrogen (secondary N) is 1. The third kappa shape index (κ3) is 5.67. The summed E-state index contributed by atoms with van der Waals surface area (Å²) in [6.07, 6.45) is -4.34. The lowest BCUT2D eigenvalue weighted by atomic mass is 10.2. The summed E-state index contributed by atoms with van der Waals surface area (Å²) in [7, 11) is 0. The Morgan fingerprint density at radius 3 is 2.68 bits per heavy atom. The van der Waals surface area contributed by atoms with Gasteiger partial charge in [-0.3, -0.25) is 0 Å². The molecule has 0 aromatic carbocycles. The monoisotopic (exact) mass is 277 g/mol. The van der Waals surface area contributed by atoms with Crippen LogP contribution in [0.15, 0.2) is 12.1 Å². The highest BCUT2D eigenvalue weighted by molar-refractivity contribution is 5.53. The van der Waals surface area contributed by atoms with Gasteiger partial charge in [0.25, 0.3) is 0 Å². The number of rotatable bonds is 6. The topological polar surface area (TPSA) is 60.2 Å². The average molecular weight is 277 g/mol. The zero-order valence-corrected chi connectivity index (χ0v) is 10.9. The summed E-state index contributed by atoms with van der Waals surface area (Å²) in [6, 6.07) is 2.32. The van der Waals surface area contributed by atoms with Crippen molar-refractivity contribution in [2.75, 3.05) is 17.7 Å². The van der Waals surface area contributed by atoms with Crippen molar-refractivity contribution in [3.63, 3.8) is 0 Å². The first-order valence-electron chi connectivity index (χ1n) is 6.04. The van der Waals surface area contributed by atoms with Gasteiger partial charge in [0.15, 0.2) is 0 Å². The van der Waals surface area contributed by atoms with E-state index in [2.05, 4.69) is 10.3 Å². The number of ether oxygens (including phenoxy) is 1. The fourth-order valence-corrected chi connectivity index (χ4v) is 1.50. The minimum Gasteiger partial charge on any atom is -0.476 e. The molecule has 0 aliphatic heterocycles. The highest BCUT2D eigenvalue weighted by Gasteiger charge is 2.30. The zero-order valence-electron chi connectivity index (χ0n) is 10.9. The summed E-state index contributed by atoms with van der Waals surface area (Å²) in [5.41, 5.74) is 6.03. The van der Waals surface area contributed by atoms with Gasteiger partial charge in [-0.05, 0) is 25.5 Å². The Kier molecular flexibility index (Phi) is 5.26. The standard InChI is InChI=1S/C12H18F3N3O/c1-3-6-19-11-9(16)4-5-10(18-11)17-8(2)7-12(13,14)15/h4-5,8H,3,6-7,16H2,1-2H3,(H,17,18). The number of pyridine rings is 1. The molecule has 0 aliphatic rings. The van der Waals surface area contributed by atoms with E-state index in [1.165, 1.54) is 13.0 Å². The molecule has 108 valence electrons. The van der Waals surface area contributed by atoms with Gasteiger partial charge in [-0.2, -0.15) is 18.2 Å². The lowest BCUT2D eigenvalue weighted by molar-refractivity contribution is -0.136. The van der Waals surface area contributed by atoms with Crippen LogP contribution in [0.3, 0.4) is 0 Å². The van der Waals surface area contributed by atoms with E-state index >= 15 is 0 Å². The maximum absolute atomic E-state index is 12.2. The van der Waals surface area contributed by atoms with Gasteiger partial charge in [0, 0.05) is 6.04 Å². The number of nitrogens with two attached hydrogens (primary N) is 1. The van der Waals surface area contributed by atoms with Crippen LogP contribution in [0.25, 0.3) is 0 Å². The van der Waals surface area contributed by atoms with Crippen LogP contribution in [-0.4, -0.2) is 23.8 Å². The molecule has 4 nitrogen and oxygen atoms in total. The van der Waals surface area contributed by atoms with E-state index < -0.39 is 18.6 Å². The normalized spacial score (nSPS) is 13.1. The number of anilines is 2. The van der Waals surface area contributed by atoms with Gasteiger partial charge in [0.1, 0.15) is 5.82 Å². The second-order valence-corrected chi connectivity index (χ2v) is 4.30. The molecule has 0 aliphatic carbocycles. The second kappa shape index (κ2) is 6.49. The molecular weight excluding hydrogens is 259 g/mol. The summed E-state index contributed by atoms with van der Waals surface area (Å²) in [6.45, 7) is 3.83. The van der Waals surface area contributed by atoms with Crippen molar-refractivity contribution in [2.45, 2.75) is 38.9 Å². The molecule has 1 atom stereocenters. The third-order valence-electron chi connectivity index (χ3n) is 2.26. The molecule has 0 saturated heterocycles. The molecule has 1 unspecified atom stereocenters. The Hall–Kier alpha value is -1.66. The van der Waals surface area contributed by atoms with Crippen LogP contribution < -0.4 is 15.8 Å². The molecule has 3 N–H and O–H groups in total. The molecule has 19 heavy (non-hydrogen) atoms. The number of nitrogen functional groups attached to an aromatic ring is 1. The van der Waals surface area contributed by atoms with E-state index in [9.17, 15) is 13.2 Å². The van der Waals surface area contributed by atoms with E-state index in [1.54, 1.807) is 6.07 Å². The van der Waals surface area contributed by atoms with Gasteiger partial charge in [-0.25, -0.2) is 0 Å². The molecule has 1 heterocycles. The minimum absolute atomic E-state index is 0.242. The van der Waals surface area contributed by atoms with Crippen molar-refractivity contribution < 1.29 is 17.9 Å². The molecule has 0 fully saturated rings. The summed E-state index contributed by atoms with van der Waals surface area (Å²) < 4.78 is 42.0. The van der Waals surface area contributed by atoms with Gasteiger partial charge in [0.05, 0.1) is 18.7 Å². The summed E-state index contributed by atoms with van der Waals surface area (Å²) >= 11 is 0. The average Bonchev–Trinajstić information content (AvgIpc) is 2.27. The number of hydrogen-bond donors (Lipinski definition) is 2. The smallest absolute Gasteiger partial charge is 0.391 e. The number of nitrogens with zero attached hydrogens (tertiary/aromatic N) is 1. The van der Waals surface area contributed by atoms with Crippen molar-refractivity contribution in [1.29, 1.82) is 0 Å². The van der Waals surface area contributed by atoms with E-state index in [4.69, 9.17) is 10.5 Å². The van der Waals surface area contributed by atoms with Crippen molar-refractivity contribution in [1.82, 2.24) is 4.98 Å². The van der Waals surface area contributed by atoms with Gasteiger partial charge in [-0.1, -0.05) is 6.92 Å². The summed E-state index contributed by atoms with van der Waals surface area (Å²) in [5, 5.41) is 2.68. The van der Waals surface area contributed by atoms with Crippen molar-refractivity contribution in [3.8, 4) is 5.88 Å². The van der Waals surface area contributed by atoms with Crippen molar-refractivity contribution in [2.24, 2.45) is 0 Å². The quantitative estimate of drug-likeness (QED) is 0.838. The highest BCUT2D eigenvalue weighted by atomic mass is 19.4. The number of alkyl halides is 3. The Balaban J connectivity index is 2.68. The molecule has 0 spiro atoms. The zero-order chi connectivity index (χ0) is 14.5. The van der Waals surface area contributed by atoms with Crippen LogP contribution >= 0.6 is 0 Å². The van der Waals surface area contributed by atoms with Crippen LogP contribution in [0.4, 0.5) is 24.7 Å². The third-order valence-corrected chi connectivity index (χ3v) is 2.26. The first-order chi connectivity index (χ1) is 8.81. The largest absolute Gasteiger partial charge is 0.476 e. The SMILES string of the molecule is CCCOc1nc(NC(C)CC(F)(F)F)ccc1N. The maximum Gasteiger partial charge on any atom is 0.391 e. The van der Waals surface area contributed by atoms with Gasteiger partial charge in [-0.15, -0.1) is 0 Å². The fourth-order valence-electron chi connectivity index (χ4n) is 1.50. The molecule has 0 bridgehead atoms. The molecule has 0 amide bonds. The lowest BCUT2D eigenvalue weighted by Gasteiger charge is -2.17. The first kappa shape index (κ1) is 15.4. The Morgan fingerprint density at radius 2 is 2.11 bits per heavy atom. The number of halogens is 3. The number of hydrogen-bond acceptors (Lipinski definition) is 4. The Labute approximate surface area is 110 Å². The maximum atomic E-state index is 12.2. The van der Waals surface area contributed by atoms with Crippen molar-refractivity contribution in [3.05, 3.63) is 12.1 Å². The predicted molar refractivity (Wildman–Crippen MR) is 68.2 cm³/mol. The molecule has 1 aromatic heterocycles. The van der Waals surface area contributed by atoms with E-state index in [0.717, 1.165) is 6.42 Å². The van der Waals surface area contributed by atoms with Crippen molar-refractivity contribution >= 4 is 11.5 Å². The fraction of sp³-hybridized carbons (Fsp3) is 0.583. The van der Waals surface area contributed by atoms with E-state index in [0.29, 0.717) is 18.1 Å². The lowest BCUT2D eigenvalue weighted by Crippen LogP contribution is -2.24. The summed E-state index contributed by atoms with van der Waals surface area (Å²) in [5.74, 6) is 0.558. The van der Waals surface area contributed by atoms with E-state index in [-0.39, 0.29) is 5.88 Å². The molecule has 1 aromatic rings. The summed E-state index contributed by atoms with van der Waals surface area (Å²) in [4.78, 5) is 4.05. The Bertz CT molecular complexity index is 410. The van der Waals surface area contributed by atoms with Gasteiger partial charge >= 0.3 is 6.18 Å².